The smallest absolute Gasteiger partial charge is 0.312 e. The number of amides is 1. The van der Waals surface area contributed by atoms with Crippen LogP contribution in [0, 0.1) is 12.8 Å². The lowest BCUT2D eigenvalue weighted by molar-refractivity contribution is -0.151. The number of benzene rings is 2. The number of rotatable bonds is 7. The highest BCUT2D eigenvalue weighted by atomic mass is 16.5. The van der Waals surface area contributed by atoms with Crippen LogP contribution in [0.25, 0.3) is 0 Å². The lowest BCUT2D eigenvalue weighted by atomic mass is 10.1. The van der Waals surface area contributed by atoms with Crippen molar-refractivity contribution in [1.82, 2.24) is 0 Å². The molecule has 1 aliphatic heterocycles. The predicted octanol–water partition coefficient (Wildman–Crippen LogP) is 3.56. The van der Waals surface area contributed by atoms with Crippen molar-refractivity contribution >= 4 is 23.3 Å². The van der Waals surface area contributed by atoms with E-state index in [1.807, 2.05) is 38.1 Å². The van der Waals surface area contributed by atoms with E-state index in [4.69, 9.17) is 9.47 Å². The molecule has 0 bridgehead atoms. The number of hydrogen-bond donors (Lipinski definition) is 0. The average molecular weight is 395 g/mol. The van der Waals surface area contributed by atoms with Gasteiger partial charge in [0.1, 0.15) is 5.75 Å². The van der Waals surface area contributed by atoms with E-state index in [-0.39, 0.29) is 24.7 Å². The summed E-state index contributed by atoms with van der Waals surface area (Å²) in [4.78, 5) is 39.2. The van der Waals surface area contributed by atoms with Gasteiger partial charge in [-0.05, 0) is 32.9 Å². The molecule has 0 N–H and O–H groups in total. The molecule has 29 heavy (non-hydrogen) atoms. The van der Waals surface area contributed by atoms with Crippen molar-refractivity contribution in [1.29, 1.82) is 0 Å². The summed E-state index contributed by atoms with van der Waals surface area (Å²) < 4.78 is 11.0. The largest absolute Gasteiger partial charge is 0.492 e. The number of aryl methyl sites for hydroxylation is 1. The first-order valence-corrected chi connectivity index (χ1v) is 9.74. The fraction of sp³-hybridized carbons (Fsp3) is 0.348. The minimum atomic E-state index is -0.912. The summed E-state index contributed by atoms with van der Waals surface area (Å²) >= 11 is 0. The molecule has 1 amide bonds. The van der Waals surface area contributed by atoms with Gasteiger partial charge in [0.15, 0.2) is 6.10 Å². The molecule has 0 unspecified atom stereocenters. The lowest BCUT2D eigenvalue weighted by Gasteiger charge is -2.20. The zero-order valence-corrected chi connectivity index (χ0v) is 16.9. The first kappa shape index (κ1) is 20.6. The summed E-state index contributed by atoms with van der Waals surface area (Å²) in [6.07, 6.45) is -0.866. The summed E-state index contributed by atoms with van der Waals surface area (Å²) in [5, 5.41) is 0. The van der Waals surface area contributed by atoms with Crippen LogP contribution < -0.4 is 9.64 Å². The number of nitrogens with zero attached hydrogens (tertiary/aromatic N) is 1. The maximum absolute atomic E-state index is 12.6. The maximum Gasteiger partial charge on any atom is 0.312 e. The SMILES string of the molecule is CCOc1ccccc1N1C[C@@H](C(=O)O[C@H](C)C(=O)c2ccc(C)cc2)CC1=O. The molecule has 0 spiro atoms. The topological polar surface area (TPSA) is 72.9 Å². The zero-order chi connectivity index (χ0) is 21.0. The van der Waals surface area contributed by atoms with Crippen LogP contribution in [0.4, 0.5) is 5.69 Å². The zero-order valence-electron chi connectivity index (χ0n) is 16.9. The Morgan fingerprint density at radius 3 is 2.52 bits per heavy atom. The van der Waals surface area contributed by atoms with Crippen molar-refractivity contribution in [2.75, 3.05) is 18.1 Å². The maximum atomic E-state index is 12.6. The van der Waals surface area contributed by atoms with E-state index in [9.17, 15) is 14.4 Å². The van der Waals surface area contributed by atoms with Gasteiger partial charge >= 0.3 is 5.97 Å². The minimum absolute atomic E-state index is 0.0464. The van der Waals surface area contributed by atoms with Crippen LogP contribution in [0.5, 0.6) is 5.75 Å². The first-order valence-electron chi connectivity index (χ1n) is 9.74. The van der Waals surface area contributed by atoms with Crippen LogP contribution in [-0.4, -0.2) is 36.9 Å². The Hall–Kier alpha value is -3.15. The van der Waals surface area contributed by atoms with Crippen molar-refractivity contribution in [2.24, 2.45) is 5.92 Å². The van der Waals surface area contributed by atoms with Crippen LogP contribution in [0.3, 0.4) is 0 Å². The number of ether oxygens (including phenoxy) is 2. The number of Topliss-reactive ketones (excluding diaryl/α,β-unsaturated/α-hetero) is 1. The number of ketones is 1. The van der Waals surface area contributed by atoms with Crippen molar-refractivity contribution in [3.63, 3.8) is 0 Å². The molecular formula is C23H25NO5. The third kappa shape index (κ3) is 4.65. The quantitative estimate of drug-likeness (QED) is 0.529. The highest BCUT2D eigenvalue weighted by Crippen LogP contribution is 2.33. The summed E-state index contributed by atoms with van der Waals surface area (Å²) in [6.45, 7) is 6.04. The van der Waals surface area contributed by atoms with Gasteiger partial charge in [0.25, 0.3) is 0 Å². The predicted molar refractivity (Wildman–Crippen MR) is 109 cm³/mol. The summed E-state index contributed by atoms with van der Waals surface area (Å²) in [6, 6.07) is 14.3. The van der Waals surface area contributed by atoms with Gasteiger partial charge in [0, 0.05) is 18.5 Å². The molecule has 0 saturated carbocycles. The second-order valence-corrected chi connectivity index (χ2v) is 7.12. The minimum Gasteiger partial charge on any atom is -0.492 e. The third-order valence-electron chi connectivity index (χ3n) is 4.91. The van der Waals surface area contributed by atoms with Gasteiger partial charge in [0.05, 0.1) is 18.2 Å². The number of para-hydroxylation sites is 2. The van der Waals surface area contributed by atoms with Crippen LogP contribution in [0.1, 0.15) is 36.2 Å². The molecule has 2 atom stereocenters. The summed E-state index contributed by atoms with van der Waals surface area (Å²) in [5.74, 6) is -0.994. The molecule has 1 fully saturated rings. The monoisotopic (exact) mass is 395 g/mol. The van der Waals surface area contributed by atoms with Crippen molar-refractivity contribution in [3.05, 3.63) is 59.7 Å². The van der Waals surface area contributed by atoms with Gasteiger partial charge in [0.2, 0.25) is 11.7 Å². The van der Waals surface area contributed by atoms with Gasteiger partial charge in [-0.15, -0.1) is 0 Å². The Morgan fingerprint density at radius 1 is 1.14 bits per heavy atom. The van der Waals surface area contributed by atoms with Gasteiger partial charge in [-0.2, -0.15) is 0 Å². The second-order valence-electron chi connectivity index (χ2n) is 7.12. The molecule has 6 heteroatoms. The van der Waals surface area contributed by atoms with E-state index >= 15 is 0 Å². The van der Waals surface area contributed by atoms with E-state index in [1.165, 1.54) is 0 Å². The molecule has 1 aliphatic rings. The Morgan fingerprint density at radius 2 is 1.83 bits per heavy atom. The van der Waals surface area contributed by atoms with Gasteiger partial charge in [-0.3, -0.25) is 14.4 Å². The standard InChI is InChI=1S/C23H25NO5/c1-4-28-20-8-6-5-7-19(20)24-14-18(13-21(24)25)23(27)29-16(3)22(26)17-11-9-15(2)10-12-17/h5-12,16,18H,4,13-14H2,1-3H3/t16-,18+/m1/s1. The molecular weight excluding hydrogens is 370 g/mol. The fourth-order valence-electron chi connectivity index (χ4n) is 3.33. The van der Waals surface area contributed by atoms with Crippen LogP contribution in [-0.2, 0) is 14.3 Å². The van der Waals surface area contributed by atoms with E-state index in [1.54, 1.807) is 36.1 Å². The van der Waals surface area contributed by atoms with Gasteiger partial charge in [-0.25, -0.2) is 0 Å². The molecule has 152 valence electrons. The molecule has 0 aromatic heterocycles. The van der Waals surface area contributed by atoms with Crippen LogP contribution >= 0.6 is 0 Å². The van der Waals surface area contributed by atoms with Crippen LogP contribution in [0.15, 0.2) is 48.5 Å². The Bertz CT molecular complexity index is 906. The number of carbonyl (C=O) groups excluding carboxylic acids is 3. The molecule has 0 radical (unpaired) electrons. The average Bonchev–Trinajstić information content (AvgIpc) is 3.10. The van der Waals surface area contributed by atoms with E-state index < -0.39 is 18.0 Å². The van der Waals surface area contributed by atoms with Gasteiger partial charge in [-0.1, -0.05) is 42.0 Å². The number of hydrogen-bond acceptors (Lipinski definition) is 5. The molecule has 0 aliphatic carbocycles. The van der Waals surface area contributed by atoms with Gasteiger partial charge < -0.3 is 14.4 Å². The molecule has 1 heterocycles. The first-order chi connectivity index (χ1) is 13.9. The van der Waals surface area contributed by atoms with E-state index in [0.29, 0.717) is 23.6 Å². The third-order valence-corrected chi connectivity index (χ3v) is 4.91. The number of carbonyl (C=O) groups is 3. The molecule has 6 nitrogen and oxygen atoms in total. The molecule has 3 rings (SSSR count). The van der Waals surface area contributed by atoms with Crippen molar-refractivity contribution in [2.45, 2.75) is 33.3 Å². The Labute approximate surface area is 170 Å². The lowest BCUT2D eigenvalue weighted by Crippen LogP contribution is -2.30. The Balaban J connectivity index is 1.66. The second kappa shape index (κ2) is 8.90. The van der Waals surface area contributed by atoms with E-state index in [0.717, 1.165) is 5.56 Å². The Kier molecular flexibility index (Phi) is 6.32. The number of esters is 1. The molecule has 2 aromatic rings. The highest BCUT2D eigenvalue weighted by Gasteiger charge is 2.38. The summed E-state index contributed by atoms with van der Waals surface area (Å²) in [5.41, 5.74) is 2.17. The van der Waals surface area contributed by atoms with Crippen molar-refractivity contribution < 1.29 is 23.9 Å². The number of anilines is 1. The van der Waals surface area contributed by atoms with Crippen molar-refractivity contribution in [3.8, 4) is 5.75 Å². The highest BCUT2D eigenvalue weighted by molar-refractivity contribution is 6.02. The summed E-state index contributed by atoms with van der Waals surface area (Å²) in [7, 11) is 0. The van der Waals surface area contributed by atoms with Crippen LogP contribution in [0.2, 0.25) is 0 Å². The molecule has 1 saturated heterocycles. The fourth-order valence-corrected chi connectivity index (χ4v) is 3.33. The molecule has 2 aromatic carbocycles. The van der Waals surface area contributed by atoms with E-state index in [2.05, 4.69) is 0 Å². The normalized spacial score (nSPS) is 17.1.